The number of carbonyl (C=O) groups excluding carboxylic acids is 1. The molecule has 1 aromatic carbocycles. The minimum Gasteiger partial charge on any atom is -0.497 e. The zero-order valence-electron chi connectivity index (χ0n) is 17.5. The van der Waals surface area contributed by atoms with E-state index in [0.29, 0.717) is 44.2 Å². The number of amides is 1. The molecule has 8 heteroatoms. The summed E-state index contributed by atoms with van der Waals surface area (Å²) in [5.41, 5.74) is 2.24. The fourth-order valence-electron chi connectivity index (χ4n) is 5.23. The molecule has 2 saturated heterocycles. The first-order valence-corrected chi connectivity index (χ1v) is 10.7. The van der Waals surface area contributed by atoms with Crippen LogP contribution in [-0.4, -0.2) is 66.5 Å². The summed E-state index contributed by atoms with van der Waals surface area (Å²) in [5.74, 6) is 0.470. The lowest BCUT2D eigenvalue weighted by molar-refractivity contribution is -0.138. The summed E-state index contributed by atoms with van der Waals surface area (Å²) in [6, 6.07) is 10.7. The monoisotopic (exact) mass is 425 g/mol. The minimum absolute atomic E-state index is 0.00625. The van der Waals surface area contributed by atoms with E-state index in [0.717, 1.165) is 11.3 Å². The van der Waals surface area contributed by atoms with Crippen LogP contribution in [0.4, 0.5) is 0 Å². The lowest BCUT2D eigenvalue weighted by Crippen LogP contribution is -2.51. The predicted molar refractivity (Wildman–Crippen MR) is 114 cm³/mol. The summed E-state index contributed by atoms with van der Waals surface area (Å²) in [6.45, 7) is 2.62. The van der Waals surface area contributed by atoms with Crippen LogP contribution in [0.5, 0.6) is 5.75 Å². The smallest absolute Gasteiger partial charge is 0.258 e. The van der Waals surface area contributed by atoms with Crippen LogP contribution in [-0.2, 0) is 16.1 Å². The van der Waals surface area contributed by atoms with Gasteiger partial charge in [-0.2, -0.15) is 0 Å². The Bertz CT molecular complexity index is 1050. The molecule has 1 aromatic heterocycles. The number of methoxy groups -OCH3 is 1. The van der Waals surface area contributed by atoms with Crippen LogP contribution in [0.3, 0.4) is 0 Å². The number of ether oxygens (including phenoxy) is 2. The summed E-state index contributed by atoms with van der Waals surface area (Å²) < 4.78 is 12.4. The van der Waals surface area contributed by atoms with Gasteiger partial charge in [-0.3, -0.25) is 14.9 Å². The van der Waals surface area contributed by atoms with Crippen LogP contribution < -0.4 is 15.6 Å². The number of rotatable bonds is 4. The fourth-order valence-corrected chi connectivity index (χ4v) is 5.23. The Kier molecular flexibility index (Phi) is 5.29. The van der Waals surface area contributed by atoms with Crippen LogP contribution in [0.25, 0.3) is 11.1 Å². The largest absolute Gasteiger partial charge is 0.497 e. The minimum atomic E-state index is -0.444. The summed E-state index contributed by atoms with van der Waals surface area (Å²) in [6.07, 6.45) is 0. The zero-order chi connectivity index (χ0) is 21.5. The Hall–Kier alpha value is -2.68. The maximum Gasteiger partial charge on any atom is 0.258 e. The number of nitrogens with one attached hydrogen (secondary N) is 1. The maximum atomic E-state index is 13.3. The van der Waals surface area contributed by atoms with Gasteiger partial charge in [0.05, 0.1) is 32.4 Å². The van der Waals surface area contributed by atoms with Crippen molar-refractivity contribution < 1.29 is 19.4 Å². The third-order valence-corrected chi connectivity index (χ3v) is 6.87. The van der Waals surface area contributed by atoms with Crippen molar-refractivity contribution in [3.05, 3.63) is 52.4 Å². The van der Waals surface area contributed by atoms with E-state index in [-0.39, 0.29) is 36.0 Å². The van der Waals surface area contributed by atoms with Crippen molar-refractivity contribution in [2.45, 2.75) is 18.6 Å². The third-order valence-electron chi connectivity index (χ3n) is 6.87. The molecule has 164 valence electrons. The van der Waals surface area contributed by atoms with Gasteiger partial charge in [-0.1, -0.05) is 12.1 Å². The molecule has 3 aliphatic rings. The first-order chi connectivity index (χ1) is 15.1. The topological polar surface area (TPSA) is 93.0 Å². The molecule has 1 amide bonds. The standard InChI is InChI=1S/C23H27N3O5/c1-30-15-4-2-3-14(11-15)16-5-6-19-20-17(12-26(19)22(16)28)18(13-27)21(24-20)23(29)25-7-9-31-10-8-25/h2-6,11,17-18,20-21,24,27H,7-10,12-13H2,1H3/t17-,18-,20+,21-/m1/s1. The number of fused-ring (bicyclic) bond motifs is 3. The highest BCUT2D eigenvalue weighted by molar-refractivity contribution is 5.83. The second-order valence-electron chi connectivity index (χ2n) is 8.39. The summed E-state index contributed by atoms with van der Waals surface area (Å²) in [4.78, 5) is 28.2. The molecule has 8 nitrogen and oxygen atoms in total. The summed E-state index contributed by atoms with van der Waals surface area (Å²) in [7, 11) is 1.60. The molecule has 3 aliphatic heterocycles. The highest BCUT2D eigenvalue weighted by Gasteiger charge is 2.51. The summed E-state index contributed by atoms with van der Waals surface area (Å²) >= 11 is 0. The van der Waals surface area contributed by atoms with Gasteiger partial charge in [-0.15, -0.1) is 0 Å². The van der Waals surface area contributed by atoms with E-state index >= 15 is 0 Å². The SMILES string of the molecule is COc1cccc(-c2ccc3n(c2=O)C[C@@H]2[C@@H](CO)[C@H](C(=O)N4CCOCC4)N[C@H]32)c1. The van der Waals surface area contributed by atoms with Crippen molar-refractivity contribution in [1.29, 1.82) is 0 Å². The molecule has 2 fully saturated rings. The van der Waals surface area contributed by atoms with Gasteiger partial charge in [-0.25, -0.2) is 0 Å². The molecular weight excluding hydrogens is 398 g/mol. The molecule has 0 aliphatic carbocycles. The van der Waals surface area contributed by atoms with Crippen molar-refractivity contribution in [1.82, 2.24) is 14.8 Å². The number of carbonyl (C=O) groups is 1. The maximum absolute atomic E-state index is 13.3. The van der Waals surface area contributed by atoms with Gasteiger partial charge in [0.2, 0.25) is 5.91 Å². The first-order valence-electron chi connectivity index (χ1n) is 10.7. The van der Waals surface area contributed by atoms with Crippen molar-refractivity contribution in [2.75, 3.05) is 40.0 Å². The van der Waals surface area contributed by atoms with Crippen LogP contribution in [0, 0.1) is 11.8 Å². The first kappa shape index (κ1) is 20.2. The molecule has 2 aromatic rings. The molecule has 0 saturated carbocycles. The number of aliphatic hydroxyl groups excluding tert-OH is 1. The average molecular weight is 425 g/mol. The molecule has 0 bridgehead atoms. The number of pyridine rings is 1. The second-order valence-corrected chi connectivity index (χ2v) is 8.39. The summed E-state index contributed by atoms with van der Waals surface area (Å²) in [5, 5.41) is 13.6. The normalized spacial score (nSPS) is 27.1. The zero-order valence-corrected chi connectivity index (χ0v) is 17.5. The van der Waals surface area contributed by atoms with Gasteiger partial charge < -0.3 is 24.0 Å². The lowest BCUT2D eigenvalue weighted by Gasteiger charge is -2.31. The Morgan fingerprint density at radius 1 is 1.26 bits per heavy atom. The van der Waals surface area contributed by atoms with Crippen LogP contribution in [0.1, 0.15) is 11.7 Å². The Labute approximate surface area is 180 Å². The van der Waals surface area contributed by atoms with Crippen molar-refractivity contribution >= 4 is 5.91 Å². The number of benzene rings is 1. The van der Waals surface area contributed by atoms with E-state index in [2.05, 4.69) is 5.32 Å². The van der Waals surface area contributed by atoms with Crippen molar-refractivity contribution in [3.8, 4) is 16.9 Å². The molecule has 31 heavy (non-hydrogen) atoms. The van der Waals surface area contributed by atoms with E-state index < -0.39 is 6.04 Å². The van der Waals surface area contributed by atoms with Gasteiger partial charge >= 0.3 is 0 Å². The Morgan fingerprint density at radius 2 is 2.06 bits per heavy atom. The van der Waals surface area contributed by atoms with Gasteiger partial charge in [-0.05, 0) is 29.8 Å². The number of hydrogen-bond donors (Lipinski definition) is 2. The van der Waals surface area contributed by atoms with Gasteiger partial charge in [0, 0.05) is 49.3 Å². The molecule has 2 N–H and O–H groups in total. The number of aromatic nitrogens is 1. The molecule has 0 spiro atoms. The highest BCUT2D eigenvalue weighted by atomic mass is 16.5. The molecular formula is C23H27N3O5. The van der Waals surface area contributed by atoms with Crippen LogP contribution in [0.15, 0.2) is 41.2 Å². The van der Waals surface area contributed by atoms with E-state index in [1.807, 2.05) is 41.3 Å². The van der Waals surface area contributed by atoms with Crippen LogP contribution >= 0.6 is 0 Å². The lowest BCUT2D eigenvalue weighted by atomic mass is 9.88. The number of hydrogen-bond acceptors (Lipinski definition) is 6. The predicted octanol–water partition coefficient (Wildman–Crippen LogP) is 0.634. The second kappa shape index (κ2) is 8.11. The Morgan fingerprint density at radius 3 is 2.81 bits per heavy atom. The molecule has 0 unspecified atom stereocenters. The van der Waals surface area contributed by atoms with Crippen molar-refractivity contribution in [3.63, 3.8) is 0 Å². The molecule has 4 atom stereocenters. The van der Waals surface area contributed by atoms with E-state index in [1.54, 1.807) is 11.7 Å². The van der Waals surface area contributed by atoms with Gasteiger partial charge in [0.1, 0.15) is 5.75 Å². The highest BCUT2D eigenvalue weighted by Crippen LogP contribution is 2.43. The number of aliphatic hydroxyl groups is 1. The van der Waals surface area contributed by atoms with E-state index in [9.17, 15) is 14.7 Å². The Balaban J connectivity index is 1.44. The van der Waals surface area contributed by atoms with Gasteiger partial charge in [0.25, 0.3) is 5.56 Å². The molecule has 0 radical (unpaired) electrons. The van der Waals surface area contributed by atoms with Gasteiger partial charge in [0.15, 0.2) is 0 Å². The van der Waals surface area contributed by atoms with E-state index in [4.69, 9.17) is 9.47 Å². The third kappa shape index (κ3) is 3.35. The number of morpholine rings is 1. The van der Waals surface area contributed by atoms with Crippen LogP contribution in [0.2, 0.25) is 0 Å². The number of nitrogens with zero attached hydrogens (tertiary/aromatic N) is 2. The molecule has 4 heterocycles. The van der Waals surface area contributed by atoms with Crippen molar-refractivity contribution in [2.24, 2.45) is 11.8 Å². The molecule has 5 rings (SSSR count). The average Bonchev–Trinajstić information content (AvgIpc) is 3.36. The fraction of sp³-hybridized carbons (Fsp3) is 0.478. The van der Waals surface area contributed by atoms with E-state index in [1.165, 1.54) is 0 Å². The quantitative estimate of drug-likeness (QED) is 0.747.